The highest BCUT2D eigenvalue weighted by molar-refractivity contribution is 7.90. The first-order valence-electron chi connectivity index (χ1n) is 9.03. The largest absolute Gasteiger partial charge is 0.488 e. The van der Waals surface area contributed by atoms with Crippen LogP contribution in [0.15, 0.2) is 47.5 Å². The van der Waals surface area contributed by atoms with Crippen molar-refractivity contribution in [3.05, 3.63) is 47.6 Å². The van der Waals surface area contributed by atoms with E-state index in [0.717, 1.165) is 23.6 Å². The maximum atomic E-state index is 13.2. The molecule has 0 bridgehead atoms. The number of nitrogens with zero attached hydrogens (tertiary/aromatic N) is 2. The fraction of sp³-hybridized carbons (Fsp3) is 0.263. The molecule has 2 heterocycles. The van der Waals surface area contributed by atoms with E-state index in [4.69, 9.17) is 16.3 Å². The highest BCUT2D eigenvalue weighted by Crippen LogP contribution is 2.31. The SMILES string of the molecule is CC(=O)Nc1ccc(S(=O)(=O)n2ncc3c(OC4CCNC4)cccc32)cc1Cl. The molecule has 10 heteroatoms. The molecule has 1 saturated heterocycles. The van der Waals surface area contributed by atoms with E-state index in [9.17, 15) is 13.2 Å². The number of anilines is 1. The smallest absolute Gasteiger partial charge is 0.283 e. The summed E-state index contributed by atoms with van der Waals surface area (Å²) in [5, 5.41) is 10.6. The second-order valence-corrected chi connectivity index (χ2v) is 8.91. The van der Waals surface area contributed by atoms with Gasteiger partial charge in [0.15, 0.2) is 0 Å². The van der Waals surface area contributed by atoms with Gasteiger partial charge >= 0.3 is 0 Å². The Labute approximate surface area is 172 Å². The molecule has 1 fully saturated rings. The molecule has 3 aromatic rings. The van der Waals surface area contributed by atoms with E-state index in [1.807, 2.05) is 0 Å². The van der Waals surface area contributed by atoms with Gasteiger partial charge in [-0.15, -0.1) is 0 Å². The van der Waals surface area contributed by atoms with Gasteiger partial charge in [-0.25, -0.2) is 0 Å². The molecule has 0 radical (unpaired) electrons. The lowest BCUT2D eigenvalue weighted by Gasteiger charge is -2.13. The lowest BCUT2D eigenvalue weighted by Crippen LogP contribution is -2.19. The zero-order valence-electron chi connectivity index (χ0n) is 15.6. The van der Waals surface area contributed by atoms with Gasteiger partial charge in [0.2, 0.25) is 5.91 Å². The number of benzene rings is 2. The molecule has 1 unspecified atom stereocenters. The molecule has 2 aromatic carbocycles. The fourth-order valence-electron chi connectivity index (χ4n) is 3.25. The normalized spacial score (nSPS) is 16.8. The van der Waals surface area contributed by atoms with Crippen LogP contribution in [0.4, 0.5) is 5.69 Å². The van der Waals surface area contributed by atoms with Crippen molar-refractivity contribution in [2.45, 2.75) is 24.3 Å². The summed E-state index contributed by atoms with van der Waals surface area (Å²) in [4.78, 5) is 11.2. The maximum Gasteiger partial charge on any atom is 0.283 e. The number of rotatable bonds is 5. The molecule has 0 aliphatic carbocycles. The molecule has 1 aliphatic rings. The van der Waals surface area contributed by atoms with Crippen LogP contribution in [-0.4, -0.2) is 42.7 Å². The van der Waals surface area contributed by atoms with Crippen LogP contribution in [-0.2, 0) is 14.8 Å². The van der Waals surface area contributed by atoms with Crippen molar-refractivity contribution in [2.24, 2.45) is 0 Å². The molecule has 1 aromatic heterocycles. The van der Waals surface area contributed by atoms with Crippen molar-refractivity contribution < 1.29 is 17.9 Å². The molecule has 1 atom stereocenters. The van der Waals surface area contributed by atoms with E-state index in [1.54, 1.807) is 18.2 Å². The molecule has 0 spiro atoms. The van der Waals surface area contributed by atoms with Crippen LogP contribution < -0.4 is 15.4 Å². The Hall–Kier alpha value is -2.62. The van der Waals surface area contributed by atoms with Crippen molar-refractivity contribution in [1.29, 1.82) is 0 Å². The number of amides is 1. The Morgan fingerprint density at radius 3 is 2.86 bits per heavy atom. The lowest BCUT2D eigenvalue weighted by molar-refractivity contribution is -0.114. The topological polar surface area (TPSA) is 102 Å². The van der Waals surface area contributed by atoms with Gasteiger partial charge < -0.3 is 15.4 Å². The van der Waals surface area contributed by atoms with Gasteiger partial charge in [-0.2, -0.15) is 17.6 Å². The number of hydrogen-bond donors (Lipinski definition) is 2. The van der Waals surface area contributed by atoms with E-state index in [0.29, 0.717) is 22.3 Å². The summed E-state index contributed by atoms with van der Waals surface area (Å²) in [5.41, 5.74) is 0.750. The predicted octanol–water partition coefficient (Wildman–Crippen LogP) is 2.63. The van der Waals surface area contributed by atoms with Gasteiger partial charge in [-0.3, -0.25) is 4.79 Å². The Kier molecular flexibility index (Phi) is 5.20. The lowest BCUT2D eigenvalue weighted by atomic mass is 10.2. The zero-order valence-corrected chi connectivity index (χ0v) is 17.1. The van der Waals surface area contributed by atoms with Crippen LogP contribution in [0.2, 0.25) is 5.02 Å². The van der Waals surface area contributed by atoms with Gasteiger partial charge in [0, 0.05) is 13.5 Å². The zero-order chi connectivity index (χ0) is 20.6. The molecule has 29 heavy (non-hydrogen) atoms. The van der Waals surface area contributed by atoms with E-state index in [2.05, 4.69) is 15.7 Å². The van der Waals surface area contributed by atoms with Crippen LogP contribution >= 0.6 is 11.6 Å². The van der Waals surface area contributed by atoms with Gasteiger partial charge in [-0.1, -0.05) is 17.7 Å². The standard InChI is InChI=1S/C19H19ClN4O4S/c1-12(25)23-17-6-5-14(9-16(17)20)29(26,27)24-18-3-2-4-19(15(18)11-22-24)28-13-7-8-21-10-13/h2-6,9,11,13,21H,7-8,10H2,1H3,(H,23,25). The third-order valence-electron chi connectivity index (χ3n) is 4.63. The van der Waals surface area contributed by atoms with E-state index >= 15 is 0 Å². The van der Waals surface area contributed by atoms with Gasteiger partial charge in [-0.05, 0) is 43.3 Å². The number of fused-ring (bicyclic) bond motifs is 1. The quantitative estimate of drug-likeness (QED) is 0.640. The molecule has 4 rings (SSSR count). The minimum Gasteiger partial charge on any atom is -0.488 e. The molecular formula is C19H19ClN4O4S. The van der Waals surface area contributed by atoms with Crippen LogP contribution in [0.25, 0.3) is 10.9 Å². The number of hydrogen-bond acceptors (Lipinski definition) is 6. The Bertz CT molecular complexity index is 1190. The number of carbonyl (C=O) groups is 1. The third-order valence-corrected chi connectivity index (χ3v) is 6.54. The van der Waals surface area contributed by atoms with Crippen LogP contribution in [0.5, 0.6) is 5.75 Å². The second-order valence-electron chi connectivity index (χ2n) is 6.74. The van der Waals surface area contributed by atoms with Crippen LogP contribution in [0, 0.1) is 0 Å². The molecule has 1 amide bonds. The highest BCUT2D eigenvalue weighted by atomic mass is 35.5. The first kappa shape index (κ1) is 19.7. The molecule has 0 saturated carbocycles. The van der Waals surface area contributed by atoms with E-state index in [1.165, 1.54) is 31.3 Å². The molecular weight excluding hydrogens is 416 g/mol. The summed E-state index contributed by atoms with van der Waals surface area (Å²) in [7, 11) is -3.99. The summed E-state index contributed by atoms with van der Waals surface area (Å²) in [6, 6.07) is 9.33. The van der Waals surface area contributed by atoms with Crippen molar-refractivity contribution in [1.82, 2.24) is 14.5 Å². The van der Waals surface area contributed by atoms with Crippen molar-refractivity contribution >= 4 is 44.1 Å². The monoisotopic (exact) mass is 434 g/mol. The van der Waals surface area contributed by atoms with E-state index < -0.39 is 10.0 Å². The molecule has 2 N–H and O–H groups in total. The summed E-state index contributed by atoms with van der Waals surface area (Å²) >= 11 is 6.14. The third kappa shape index (κ3) is 3.81. The fourth-order valence-corrected chi connectivity index (χ4v) is 4.84. The van der Waals surface area contributed by atoms with Gasteiger partial charge in [0.05, 0.1) is 32.7 Å². The van der Waals surface area contributed by atoms with Crippen molar-refractivity contribution in [3.63, 3.8) is 0 Å². The number of aromatic nitrogens is 2. The Balaban J connectivity index is 1.72. The van der Waals surface area contributed by atoms with Crippen LogP contribution in [0.3, 0.4) is 0 Å². The maximum absolute atomic E-state index is 13.2. The number of halogens is 1. The average molecular weight is 435 g/mol. The highest BCUT2D eigenvalue weighted by Gasteiger charge is 2.24. The molecule has 1 aliphatic heterocycles. The summed E-state index contributed by atoms with van der Waals surface area (Å²) in [6.07, 6.45) is 2.42. The summed E-state index contributed by atoms with van der Waals surface area (Å²) in [6.45, 7) is 2.99. The van der Waals surface area contributed by atoms with Crippen molar-refractivity contribution in [2.75, 3.05) is 18.4 Å². The second kappa shape index (κ2) is 7.66. The molecule has 152 valence electrons. The first-order valence-corrected chi connectivity index (χ1v) is 10.8. The minimum absolute atomic E-state index is 0.0343. The van der Waals surface area contributed by atoms with Crippen molar-refractivity contribution in [3.8, 4) is 5.75 Å². The van der Waals surface area contributed by atoms with Gasteiger partial charge in [0.1, 0.15) is 11.9 Å². The number of ether oxygens (including phenoxy) is 1. The number of nitrogens with one attached hydrogen (secondary N) is 2. The summed E-state index contributed by atoms with van der Waals surface area (Å²) < 4.78 is 33.3. The number of carbonyl (C=O) groups excluding carboxylic acids is 1. The molecule has 8 nitrogen and oxygen atoms in total. The predicted molar refractivity (Wildman–Crippen MR) is 110 cm³/mol. The summed E-state index contributed by atoms with van der Waals surface area (Å²) in [5.74, 6) is 0.294. The minimum atomic E-state index is -3.99. The van der Waals surface area contributed by atoms with E-state index in [-0.39, 0.29) is 21.9 Å². The Morgan fingerprint density at radius 2 is 2.17 bits per heavy atom. The Morgan fingerprint density at radius 1 is 1.34 bits per heavy atom. The average Bonchev–Trinajstić information content (AvgIpc) is 3.33. The van der Waals surface area contributed by atoms with Gasteiger partial charge in [0.25, 0.3) is 10.0 Å². The first-order chi connectivity index (χ1) is 13.9. The van der Waals surface area contributed by atoms with Crippen LogP contribution in [0.1, 0.15) is 13.3 Å².